The maximum Gasteiger partial charge on any atom is 0.387 e. The maximum atomic E-state index is 14.5. The van der Waals surface area contributed by atoms with Gasteiger partial charge < -0.3 is 30.3 Å². The number of benzene rings is 3. The molecule has 236 valence electrons. The summed E-state index contributed by atoms with van der Waals surface area (Å²) in [6, 6.07) is 11.9. The largest absolute Gasteiger partial charge is 0.489 e. The molecule has 1 saturated carbocycles. The number of rotatable bonds is 12. The van der Waals surface area contributed by atoms with Crippen molar-refractivity contribution in [3.63, 3.8) is 0 Å². The Morgan fingerprint density at radius 3 is 2.31 bits per heavy atom. The number of nitrogens with two attached hydrogens (primary N) is 1. The molecule has 1 fully saturated rings. The number of carbonyl (C=O) groups excluding carboxylic acids is 2. The van der Waals surface area contributed by atoms with E-state index >= 15 is 0 Å². The molecule has 4 aromatic rings. The molecular formula is C32H30F4N4O5. The Labute approximate surface area is 255 Å². The van der Waals surface area contributed by atoms with Gasteiger partial charge in [-0.25, -0.2) is 13.8 Å². The minimum absolute atomic E-state index is 0.0221. The van der Waals surface area contributed by atoms with E-state index in [1.807, 2.05) is 0 Å². The minimum Gasteiger partial charge on any atom is -0.489 e. The van der Waals surface area contributed by atoms with Crippen molar-refractivity contribution in [3.8, 4) is 34.1 Å². The number of halogens is 4. The molecule has 0 radical (unpaired) electrons. The highest BCUT2D eigenvalue weighted by atomic mass is 19.3. The Hall–Kier alpha value is -4.91. The van der Waals surface area contributed by atoms with Gasteiger partial charge in [-0.1, -0.05) is 24.3 Å². The van der Waals surface area contributed by atoms with Gasteiger partial charge in [-0.3, -0.25) is 9.59 Å². The highest BCUT2D eigenvalue weighted by Gasteiger charge is 2.30. The van der Waals surface area contributed by atoms with E-state index in [2.05, 4.69) is 20.4 Å². The van der Waals surface area contributed by atoms with Crippen LogP contribution in [0.4, 0.5) is 17.6 Å². The minimum atomic E-state index is -2.99. The van der Waals surface area contributed by atoms with E-state index < -0.39 is 42.1 Å². The van der Waals surface area contributed by atoms with Crippen LogP contribution in [0.5, 0.6) is 11.5 Å². The fourth-order valence-corrected chi connectivity index (χ4v) is 4.58. The molecule has 0 aliphatic heterocycles. The summed E-state index contributed by atoms with van der Waals surface area (Å²) in [5, 5.41) is 4.78. The van der Waals surface area contributed by atoms with Crippen LogP contribution in [0.2, 0.25) is 0 Å². The van der Waals surface area contributed by atoms with Crippen LogP contribution >= 0.6 is 0 Å². The van der Waals surface area contributed by atoms with Crippen LogP contribution < -0.4 is 25.8 Å². The van der Waals surface area contributed by atoms with Gasteiger partial charge in [0.15, 0.2) is 23.0 Å². The molecule has 1 heterocycles. The molecule has 1 aromatic heterocycles. The van der Waals surface area contributed by atoms with Crippen molar-refractivity contribution in [2.24, 2.45) is 11.7 Å². The molecule has 3 aromatic carbocycles. The molecule has 5 rings (SSSR count). The number of nitrogens with one attached hydrogen (secondary N) is 2. The van der Waals surface area contributed by atoms with E-state index in [9.17, 15) is 27.2 Å². The van der Waals surface area contributed by atoms with Crippen molar-refractivity contribution in [3.05, 3.63) is 89.3 Å². The number of likely N-dealkylation sites (N-methyl/N-ethyl adjacent to an activating group) is 1. The SMILES string of the molecule is CNC(=O)[C@@H](NC(=O)c1nc(-c2ccc(-c3ccc(OC(F)F)c(OCC4CC4)c3)cc2)oc1[C@H](C)N)c1ccc(F)cc1F. The third-order valence-electron chi connectivity index (χ3n) is 7.14. The number of aromatic nitrogens is 1. The van der Waals surface area contributed by atoms with Gasteiger partial charge in [0.25, 0.3) is 5.91 Å². The predicted octanol–water partition coefficient (Wildman–Crippen LogP) is 5.91. The van der Waals surface area contributed by atoms with E-state index in [0.717, 1.165) is 30.5 Å². The van der Waals surface area contributed by atoms with Crippen LogP contribution in [-0.4, -0.2) is 37.1 Å². The number of ether oxygens (including phenoxy) is 2. The predicted molar refractivity (Wildman–Crippen MR) is 155 cm³/mol. The standard InChI is InChI=1S/C32H30F4N4O5/c1-16(37)28-27(30(42)39-26(29(41)38-2)22-11-10-21(33)14-23(22)34)40-31(45-28)19-7-5-18(6-8-19)20-9-12-24(44-32(35)36)25(13-20)43-15-17-3-4-17/h5-14,16-17,26,32H,3-4,15,37H2,1-2H3,(H,38,41)(H,39,42)/t16-,26-/m0/s1. The molecule has 1 aliphatic carbocycles. The summed E-state index contributed by atoms with van der Waals surface area (Å²) in [4.78, 5) is 30.2. The highest BCUT2D eigenvalue weighted by molar-refractivity contribution is 5.97. The lowest BCUT2D eigenvalue weighted by Gasteiger charge is -2.18. The third kappa shape index (κ3) is 7.43. The van der Waals surface area contributed by atoms with Crippen LogP contribution in [0, 0.1) is 17.6 Å². The van der Waals surface area contributed by atoms with Gasteiger partial charge in [-0.2, -0.15) is 8.78 Å². The number of alkyl halides is 2. The summed E-state index contributed by atoms with van der Waals surface area (Å²) in [6.45, 7) is -1.01. The molecule has 2 amide bonds. The monoisotopic (exact) mass is 626 g/mol. The lowest BCUT2D eigenvalue weighted by atomic mass is 10.0. The molecule has 0 spiro atoms. The second-order valence-corrected chi connectivity index (χ2v) is 10.6. The first-order valence-electron chi connectivity index (χ1n) is 14.1. The quantitative estimate of drug-likeness (QED) is 0.167. The summed E-state index contributed by atoms with van der Waals surface area (Å²) in [5.74, 6) is -2.84. The fraction of sp³-hybridized carbons (Fsp3) is 0.281. The first-order valence-corrected chi connectivity index (χ1v) is 14.1. The number of hydrogen-bond donors (Lipinski definition) is 3. The summed E-state index contributed by atoms with van der Waals surface area (Å²) in [5.41, 5.74) is 7.48. The average molecular weight is 627 g/mol. The van der Waals surface area contributed by atoms with Crippen LogP contribution in [0.3, 0.4) is 0 Å². The van der Waals surface area contributed by atoms with Crippen molar-refractivity contribution in [2.75, 3.05) is 13.7 Å². The Morgan fingerprint density at radius 1 is 1.00 bits per heavy atom. The Morgan fingerprint density at radius 2 is 1.69 bits per heavy atom. The topological polar surface area (TPSA) is 129 Å². The summed E-state index contributed by atoms with van der Waals surface area (Å²) in [6.07, 6.45) is 2.06. The first-order chi connectivity index (χ1) is 21.5. The molecule has 2 atom stereocenters. The molecule has 4 N–H and O–H groups in total. The molecule has 1 aliphatic rings. The summed E-state index contributed by atoms with van der Waals surface area (Å²) in [7, 11) is 1.31. The second-order valence-electron chi connectivity index (χ2n) is 10.6. The van der Waals surface area contributed by atoms with E-state index in [0.29, 0.717) is 29.7 Å². The molecule has 0 saturated heterocycles. The Kier molecular flexibility index (Phi) is 9.37. The van der Waals surface area contributed by atoms with Gasteiger partial charge >= 0.3 is 6.61 Å². The zero-order chi connectivity index (χ0) is 32.2. The Bertz CT molecular complexity index is 1690. The highest BCUT2D eigenvalue weighted by Crippen LogP contribution is 2.37. The Balaban J connectivity index is 1.40. The average Bonchev–Trinajstić information content (AvgIpc) is 3.73. The van der Waals surface area contributed by atoms with Gasteiger partial charge in [-0.05, 0) is 67.1 Å². The smallest absolute Gasteiger partial charge is 0.387 e. The van der Waals surface area contributed by atoms with E-state index in [1.54, 1.807) is 43.3 Å². The fourth-order valence-electron chi connectivity index (χ4n) is 4.58. The van der Waals surface area contributed by atoms with Gasteiger partial charge in [0, 0.05) is 24.2 Å². The lowest BCUT2D eigenvalue weighted by molar-refractivity contribution is -0.122. The number of amides is 2. The number of oxazole rings is 1. The van der Waals surface area contributed by atoms with Crippen molar-refractivity contribution in [1.82, 2.24) is 15.6 Å². The van der Waals surface area contributed by atoms with Gasteiger partial charge in [-0.15, -0.1) is 0 Å². The van der Waals surface area contributed by atoms with E-state index in [4.69, 9.17) is 14.9 Å². The normalized spacial score (nSPS) is 14.1. The molecule has 45 heavy (non-hydrogen) atoms. The van der Waals surface area contributed by atoms with Crippen molar-refractivity contribution >= 4 is 11.8 Å². The molecule has 13 heteroatoms. The summed E-state index contributed by atoms with van der Waals surface area (Å²) < 4.78 is 70.1. The van der Waals surface area contributed by atoms with Gasteiger partial charge in [0.1, 0.15) is 17.7 Å². The molecule has 0 unspecified atom stereocenters. The number of nitrogens with zero attached hydrogens (tertiary/aromatic N) is 1. The van der Waals surface area contributed by atoms with E-state index in [1.165, 1.54) is 13.1 Å². The van der Waals surface area contributed by atoms with E-state index in [-0.39, 0.29) is 34.4 Å². The number of hydrogen-bond acceptors (Lipinski definition) is 7. The molecule has 0 bridgehead atoms. The molecule has 9 nitrogen and oxygen atoms in total. The van der Waals surface area contributed by atoms with Crippen LogP contribution in [0.15, 0.2) is 65.1 Å². The van der Waals surface area contributed by atoms with Crippen molar-refractivity contribution in [1.29, 1.82) is 0 Å². The van der Waals surface area contributed by atoms with Crippen molar-refractivity contribution < 1.29 is 41.0 Å². The van der Waals surface area contributed by atoms with Crippen molar-refractivity contribution in [2.45, 2.75) is 38.5 Å². The molecular weight excluding hydrogens is 596 g/mol. The number of carbonyl (C=O) groups is 2. The zero-order valence-electron chi connectivity index (χ0n) is 24.3. The van der Waals surface area contributed by atoms with Crippen LogP contribution in [0.1, 0.15) is 53.7 Å². The second kappa shape index (κ2) is 13.4. The first kappa shape index (κ1) is 31.5. The third-order valence-corrected chi connectivity index (χ3v) is 7.14. The van der Waals surface area contributed by atoms with Crippen LogP contribution in [-0.2, 0) is 4.79 Å². The summed E-state index contributed by atoms with van der Waals surface area (Å²) >= 11 is 0. The lowest BCUT2D eigenvalue weighted by Crippen LogP contribution is -2.40. The van der Waals surface area contributed by atoms with Gasteiger partial charge in [0.05, 0.1) is 12.6 Å². The maximum absolute atomic E-state index is 14.5. The zero-order valence-corrected chi connectivity index (χ0v) is 24.3. The van der Waals surface area contributed by atoms with Crippen LogP contribution in [0.25, 0.3) is 22.6 Å². The van der Waals surface area contributed by atoms with Gasteiger partial charge in [0.2, 0.25) is 11.8 Å².